The van der Waals surface area contributed by atoms with Gasteiger partial charge in [-0.05, 0) is 106 Å². The lowest BCUT2D eigenvalue weighted by molar-refractivity contribution is -0.119. The minimum atomic E-state index is -3.13. The van der Waals surface area contributed by atoms with Gasteiger partial charge in [0, 0.05) is 87.3 Å². The number of hydrogen-bond acceptors (Lipinski definition) is 8. The number of amides is 3. The molecule has 8 rings (SSSR count). The Bertz CT molecular complexity index is 2960. The van der Waals surface area contributed by atoms with Crippen LogP contribution in [0.1, 0.15) is 142 Å². The number of aromatic nitrogens is 2. The molecule has 0 atom stereocenters. The number of allylic oxidation sites excluding steroid dienone is 8. The van der Waals surface area contributed by atoms with Gasteiger partial charge in [-0.15, -0.1) is 0 Å². The first-order chi connectivity index (χ1) is 39.5. The first kappa shape index (κ1) is 68.9. The van der Waals surface area contributed by atoms with E-state index in [1.165, 1.54) is 30.0 Å². The highest BCUT2D eigenvalue weighted by atomic mass is 19.3. The third kappa shape index (κ3) is 20.9. The largest absolute Gasteiger partial charge is 0.375 e. The van der Waals surface area contributed by atoms with E-state index in [4.69, 9.17) is 4.74 Å². The lowest BCUT2D eigenvalue weighted by atomic mass is 9.98. The number of likely N-dealkylation sites (tertiary alicyclic amines) is 2. The van der Waals surface area contributed by atoms with Crippen molar-refractivity contribution in [1.82, 2.24) is 29.8 Å². The maximum absolute atomic E-state index is 15.0. The van der Waals surface area contributed by atoms with Gasteiger partial charge in [0.15, 0.2) is 0 Å². The summed E-state index contributed by atoms with van der Waals surface area (Å²) in [5.41, 5.74) is 1.17. The molecule has 0 saturated carbocycles. The maximum Gasteiger partial charge on any atom is 0.271 e. The Morgan fingerprint density at radius 3 is 1.83 bits per heavy atom. The molecule has 1 N–H and O–H groups in total. The van der Waals surface area contributed by atoms with Gasteiger partial charge in [0.1, 0.15) is 29.3 Å². The number of benzene rings is 3. The van der Waals surface area contributed by atoms with Crippen molar-refractivity contribution in [2.75, 3.05) is 58.9 Å². The molecule has 444 valence electrons. The summed E-state index contributed by atoms with van der Waals surface area (Å²) < 4.78 is 78.1. The number of carbonyl (C=O) groups is 4. The Kier molecular flexibility index (Phi) is 30.4. The van der Waals surface area contributed by atoms with Crippen LogP contribution in [0.4, 0.5) is 22.0 Å². The van der Waals surface area contributed by atoms with Crippen LogP contribution in [0.15, 0.2) is 121 Å². The van der Waals surface area contributed by atoms with Crippen LogP contribution in [0.5, 0.6) is 0 Å². The number of nitrogens with one attached hydrogen (secondary N) is 1. The summed E-state index contributed by atoms with van der Waals surface area (Å²) in [6, 6.07) is 15.5. The third-order valence-electron chi connectivity index (χ3n) is 13.7. The van der Waals surface area contributed by atoms with Crippen LogP contribution in [-0.4, -0.2) is 131 Å². The normalized spacial score (nSPS) is 15.7. The number of rotatable bonds is 14. The lowest BCUT2D eigenvalue weighted by Crippen LogP contribution is -2.48. The van der Waals surface area contributed by atoms with Crippen molar-refractivity contribution in [2.24, 2.45) is 0 Å². The molecule has 12 nitrogen and oxygen atoms in total. The molecule has 0 spiro atoms. The van der Waals surface area contributed by atoms with Crippen LogP contribution in [0.3, 0.4) is 0 Å². The van der Waals surface area contributed by atoms with Gasteiger partial charge >= 0.3 is 0 Å². The second-order valence-electron chi connectivity index (χ2n) is 19.0. The molecule has 82 heavy (non-hydrogen) atoms. The molecule has 1 aromatic heterocycles. The second-order valence-corrected chi connectivity index (χ2v) is 19.0. The van der Waals surface area contributed by atoms with E-state index < -0.39 is 34.8 Å². The number of hydrogen-bond donors (Lipinski definition) is 1. The van der Waals surface area contributed by atoms with Gasteiger partial charge in [-0.1, -0.05) is 127 Å². The van der Waals surface area contributed by atoms with Gasteiger partial charge < -0.3 is 24.3 Å². The van der Waals surface area contributed by atoms with Gasteiger partial charge in [0.2, 0.25) is 6.41 Å². The van der Waals surface area contributed by atoms with Crippen molar-refractivity contribution in [2.45, 2.75) is 118 Å². The lowest BCUT2D eigenvalue weighted by Gasteiger charge is -2.37. The van der Waals surface area contributed by atoms with Gasteiger partial charge in [0.25, 0.3) is 23.3 Å². The molecule has 3 aromatic carbocycles. The number of fused-ring (bicyclic) bond motifs is 1. The van der Waals surface area contributed by atoms with Crippen LogP contribution in [-0.2, 0) is 16.0 Å². The quantitative estimate of drug-likeness (QED) is 0.0749. The number of alkyl halides is 2. The standard InChI is InChI=1S/C28H36F4N2O2.C21H21FN4O3.C7H6O.C5H8.2C2H6/c1-5-19(16-21(6-2)28(4,31)32)20-17-24(29)26(25(30)18-20)27(35)34-14-10-23(11-15-34)36-22-8-12-33(7-3)13-9-22;22-18-6-5-14(11-17(18)21(29)26-9-7-25(13-27)8-10-26)12-19-15-3-1-2-4-16(15)20(28)24-23-19;8-6-7-4-2-1-3-5-7;1-3-5-4-2;2*1-2/h5-6,16-18,22-23H,1,7-15H2,2-4H3;3-6,11,13H,1-2,7-10,12H2,(H,24,28);1-6H;3-5H,1H2,2H3;2*1-2H3/b19-16+,21-6+;;;5-4-;;. The first-order valence-corrected chi connectivity index (χ1v) is 28.3. The van der Waals surface area contributed by atoms with Gasteiger partial charge in [-0.3, -0.25) is 24.0 Å². The topological polar surface area (TPSA) is 136 Å². The molecule has 3 fully saturated rings. The van der Waals surface area contributed by atoms with E-state index in [2.05, 4.69) is 35.2 Å². The number of piperazine rings is 1. The SMILES string of the molecule is C=C/C(=C\C(=C/C)C(C)(F)F)c1cc(F)c(C(=O)N2CCC(OC3CCN(CC)CC3)CC2)c(F)c1.C=C/C=C\C.CC.CC.O=CN1CCN(C(=O)c2cc(Cc3n[nH]c(=O)c4c3=CCCC=4)ccc2F)CC1.O=Cc1ccccc1. The summed E-state index contributed by atoms with van der Waals surface area (Å²) in [4.78, 5) is 65.6. The summed E-state index contributed by atoms with van der Waals surface area (Å²) in [5, 5.41) is 8.12. The van der Waals surface area contributed by atoms with E-state index in [0.717, 1.165) is 99.5 Å². The number of piperidine rings is 2. The van der Waals surface area contributed by atoms with E-state index in [0.29, 0.717) is 69.4 Å². The van der Waals surface area contributed by atoms with Crippen LogP contribution in [0.25, 0.3) is 17.7 Å². The van der Waals surface area contributed by atoms with Crippen molar-refractivity contribution in [1.29, 1.82) is 0 Å². The Labute approximate surface area is 481 Å². The fourth-order valence-corrected chi connectivity index (χ4v) is 9.27. The van der Waals surface area contributed by atoms with Crippen LogP contribution in [0, 0.1) is 17.5 Å². The number of nitrogens with zero attached hydrogens (tertiary/aromatic N) is 5. The Balaban J connectivity index is 0.000000339. The number of aromatic amines is 1. The van der Waals surface area contributed by atoms with Crippen molar-refractivity contribution in [3.63, 3.8) is 0 Å². The highest BCUT2D eigenvalue weighted by molar-refractivity contribution is 5.96. The average Bonchev–Trinajstić information content (AvgIpc) is 3.59. The van der Waals surface area contributed by atoms with Gasteiger partial charge in [-0.25, -0.2) is 27.1 Å². The molecule has 4 aromatic rings. The van der Waals surface area contributed by atoms with Gasteiger partial charge in [-0.2, -0.15) is 5.10 Å². The van der Waals surface area contributed by atoms with Crippen molar-refractivity contribution in [3.8, 4) is 0 Å². The zero-order chi connectivity index (χ0) is 60.8. The zero-order valence-electron chi connectivity index (χ0n) is 49.0. The number of halogens is 5. The average molecular weight is 1140 g/mol. The second kappa shape index (κ2) is 36.2. The number of H-pyrrole nitrogens is 1. The molecular weight excluding hydrogens is 1060 g/mol. The van der Waals surface area contributed by atoms with Crippen molar-refractivity contribution in [3.05, 3.63) is 188 Å². The minimum absolute atomic E-state index is 0.0101. The summed E-state index contributed by atoms with van der Waals surface area (Å²) >= 11 is 0. The monoisotopic (exact) mass is 1140 g/mol. The van der Waals surface area contributed by atoms with Crippen molar-refractivity contribution < 1.29 is 45.9 Å². The first-order valence-electron chi connectivity index (χ1n) is 28.3. The summed E-state index contributed by atoms with van der Waals surface area (Å²) in [7, 11) is 0. The van der Waals surface area contributed by atoms with E-state index in [1.54, 1.807) is 40.1 Å². The fraction of sp³-hybridized carbons (Fsp3) is 0.415. The smallest absolute Gasteiger partial charge is 0.271 e. The molecule has 0 bridgehead atoms. The molecule has 3 saturated heterocycles. The van der Waals surface area contributed by atoms with E-state index >= 15 is 0 Å². The fourth-order valence-electron chi connectivity index (χ4n) is 9.27. The zero-order valence-corrected chi connectivity index (χ0v) is 49.0. The molecule has 4 aliphatic rings. The van der Waals surface area contributed by atoms with Crippen molar-refractivity contribution >= 4 is 42.2 Å². The Hall–Kier alpha value is -7.37. The number of carbonyl (C=O) groups excluding carboxylic acids is 4. The third-order valence-corrected chi connectivity index (χ3v) is 13.7. The van der Waals surface area contributed by atoms with E-state index in [9.17, 15) is 45.9 Å². The molecular formula is C65H83F5N6O6. The predicted octanol–water partition coefficient (Wildman–Crippen LogP) is 11.3. The van der Waals surface area contributed by atoms with Crippen LogP contribution >= 0.6 is 0 Å². The number of ether oxygens (including phenoxy) is 1. The molecule has 0 unspecified atom stereocenters. The van der Waals surface area contributed by atoms with E-state index in [-0.39, 0.29) is 45.9 Å². The van der Waals surface area contributed by atoms with Gasteiger partial charge in [0.05, 0.1) is 23.5 Å². The molecule has 3 aliphatic heterocycles. The molecule has 4 heterocycles. The highest BCUT2D eigenvalue weighted by Crippen LogP contribution is 2.31. The molecule has 3 amide bonds. The molecule has 17 heteroatoms. The summed E-state index contributed by atoms with van der Waals surface area (Å²) in [6.45, 7) is 26.8. The number of aldehydes is 1. The Morgan fingerprint density at radius 2 is 1.34 bits per heavy atom. The molecule has 1 aliphatic carbocycles. The Morgan fingerprint density at radius 1 is 0.768 bits per heavy atom. The summed E-state index contributed by atoms with van der Waals surface area (Å²) in [5.74, 6) is -6.87. The van der Waals surface area contributed by atoms with E-state index in [1.807, 2.05) is 77.1 Å². The van der Waals surface area contributed by atoms with Crippen LogP contribution in [0.2, 0.25) is 0 Å². The molecule has 0 radical (unpaired) electrons. The summed E-state index contributed by atoms with van der Waals surface area (Å²) in [6.07, 6.45) is 20.2. The van der Waals surface area contributed by atoms with Crippen LogP contribution < -0.4 is 16.0 Å². The predicted molar refractivity (Wildman–Crippen MR) is 319 cm³/mol. The maximum atomic E-state index is 15.0. The minimum Gasteiger partial charge on any atom is -0.375 e. The highest BCUT2D eigenvalue weighted by Gasteiger charge is 2.31.